The summed E-state index contributed by atoms with van der Waals surface area (Å²) in [4.78, 5) is 46.4. The van der Waals surface area contributed by atoms with Crippen molar-refractivity contribution in [2.24, 2.45) is 0 Å². The van der Waals surface area contributed by atoms with Gasteiger partial charge in [-0.2, -0.15) is 0 Å². The molecule has 0 fully saturated rings. The summed E-state index contributed by atoms with van der Waals surface area (Å²) in [6.07, 6.45) is -1.28. The third kappa shape index (κ3) is 5.47. The SMILES string of the molecule is O=C(C[C@H](C(=O)O)N(Cc1ccccc1)C(=O)OCc1ccccc1)c1nc2ccccc2[nH]1. The molecule has 3 aromatic carbocycles. The van der Waals surface area contributed by atoms with Crippen LogP contribution in [0.15, 0.2) is 84.9 Å². The smallest absolute Gasteiger partial charge is 0.411 e. The van der Waals surface area contributed by atoms with Crippen molar-refractivity contribution >= 4 is 28.9 Å². The van der Waals surface area contributed by atoms with Gasteiger partial charge in [0.25, 0.3) is 0 Å². The number of carbonyl (C=O) groups excluding carboxylic acids is 2. The number of nitrogens with zero attached hydrogens (tertiary/aromatic N) is 2. The molecule has 0 unspecified atom stereocenters. The van der Waals surface area contributed by atoms with E-state index in [-0.39, 0.29) is 19.0 Å². The predicted molar refractivity (Wildman–Crippen MR) is 125 cm³/mol. The van der Waals surface area contributed by atoms with Crippen LogP contribution in [0, 0.1) is 0 Å². The number of hydrogen-bond donors (Lipinski definition) is 2. The maximum atomic E-state index is 13.0. The van der Waals surface area contributed by atoms with E-state index >= 15 is 0 Å². The second-order valence-electron chi connectivity index (χ2n) is 7.74. The molecule has 4 aromatic rings. The zero-order chi connectivity index (χ0) is 23.9. The van der Waals surface area contributed by atoms with Crippen LogP contribution in [-0.4, -0.2) is 43.9 Å². The number of hydrogen-bond acceptors (Lipinski definition) is 5. The van der Waals surface area contributed by atoms with Gasteiger partial charge < -0.3 is 14.8 Å². The Balaban J connectivity index is 1.57. The summed E-state index contributed by atoms with van der Waals surface area (Å²) in [5.41, 5.74) is 2.74. The number of carbonyl (C=O) groups is 3. The first-order chi connectivity index (χ1) is 16.5. The summed E-state index contributed by atoms with van der Waals surface area (Å²) in [5, 5.41) is 9.96. The van der Waals surface area contributed by atoms with Crippen LogP contribution in [0.2, 0.25) is 0 Å². The second kappa shape index (κ2) is 10.4. The maximum Gasteiger partial charge on any atom is 0.411 e. The van der Waals surface area contributed by atoms with E-state index in [2.05, 4.69) is 9.97 Å². The summed E-state index contributed by atoms with van der Waals surface area (Å²) in [5.74, 6) is -1.78. The molecule has 1 heterocycles. The lowest BCUT2D eigenvalue weighted by Gasteiger charge is -2.28. The number of aromatic nitrogens is 2. The molecule has 0 saturated heterocycles. The van der Waals surface area contributed by atoms with Crippen molar-refractivity contribution in [3.05, 3.63) is 102 Å². The fraction of sp³-hybridized carbons (Fsp3) is 0.154. The van der Waals surface area contributed by atoms with Crippen LogP contribution in [0.5, 0.6) is 0 Å². The number of H-pyrrole nitrogens is 1. The molecule has 2 N–H and O–H groups in total. The average Bonchev–Trinajstić information content (AvgIpc) is 3.30. The number of amides is 1. The Hall–Kier alpha value is -4.46. The minimum absolute atomic E-state index is 0.0190. The Kier molecular flexibility index (Phi) is 6.98. The van der Waals surface area contributed by atoms with Crippen molar-refractivity contribution in [3.63, 3.8) is 0 Å². The highest BCUT2D eigenvalue weighted by molar-refractivity contribution is 5.98. The van der Waals surface area contributed by atoms with Crippen LogP contribution in [0.3, 0.4) is 0 Å². The van der Waals surface area contributed by atoms with E-state index in [0.717, 1.165) is 10.5 Å². The maximum absolute atomic E-state index is 13.0. The number of fused-ring (bicyclic) bond motifs is 1. The lowest BCUT2D eigenvalue weighted by molar-refractivity contribution is -0.143. The molecule has 0 radical (unpaired) electrons. The summed E-state index contributed by atoms with van der Waals surface area (Å²) in [6, 6.07) is 23.7. The number of ketones is 1. The molecule has 0 saturated carbocycles. The number of aromatic amines is 1. The van der Waals surface area contributed by atoms with Crippen molar-refractivity contribution in [3.8, 4) is 0 Å². The van der Waals surface area contributed by atoms with Gasteiger partial charge in [-0.05, 0) is 23.3 Å². The number of nitrogens with one attached hydrogen (secondary N) is 1. The van der Waals surface area contributed by atoms with E-state index in [1.807, 2.05) is 24.3 Å². The van der Waals surface area contributed by atoms with Crippen LogP contribution >= 0.6 is 0 Å². The topological polar surface area (TPSA) is 113 Å². The molecule has 34 heavy (non-hydrogen) atoms. The van der Waals surface area contributed by atoms with Gasteiger partial charge in [0, 0.05) is 13.0 Å². The number of aliphatic carboxylic acids is 1. The molecule has 0 aliphatic rings. The Morgan fingerprint density at radius 1 is 0.882 bits per heavy atom. The van der Waals surface area contributed by atoms with Crippen molar-refractivity contribution < 1.29 is 24.2 Å². The van der Waals surface area contributed by atoms with Crippen molar-refractivity contribution in [1.82, 2.24) is 14.9 Å². The zero-order valence-electron chi connectivity index (χ0n) is 18.3. The van der Waals surface area contributed by atoms with Gasteiger partial charge in [0.2, 0.25) is 5.78 Å². The van der Waals surface area contributed by atoms with Crippen molar-refractivity contribution in [2.45, 2.75) is 25.6 Å². The standard InChI is InChI=1S/C26H23N3O5/c30-23(24-27-20-13-7-8-14-21(20)28-24)15-22(25(31)32)29(16-18-9-3-1-4-10-18)26(33)34-17-19-11-5-2-6-12-19/h1-14,22H,15-17H2,(H,27,28)(H,31,32)/t22-/m1/s1. The molecule has 0 aliphatic carbocycles. The van der Waals surface area contributed by atoms with Gasteiger partial charge in [0.05, 0.1) is 11.0 Å². The molecule has 0 bridgehead atoms. The molecular formula is C26H23N3O5. The molecule has 172 valence electrons. The number of carboxylic acids is 1. The Bertz CT molecular complexity index is 1250. The van der Waals surface area contributed by atoms with Crippen LogP contribution in [-0.2, 0) is 22.7 Å². The van der Waals surface area contributed by atoms with Crippen molar-refractivity contribution in [2.75, 3.05) is 0 Å². The van der Waals surface area contributed by atoms with E-state index in [9.17, 15) is 19.5 Å². The number of carboxylic acid groups (broad SMARTS) is 1. The van der Waals surface area contributed by atoms with Crippen LogP contribution in [0.4, 0.5) is 4.79 Å². The fourth-order valence-corrected chi connectivity index (χ4v) is 3.57. The fourth-order valence-electron chi connectivity index (χ4n) is 3.57. The first-order valence-corrected chi connectivity index (χ1v) is 10.7. The number of Topliss-reactive ketones (excluding diaryl/α,β-unsaturated/α-hetero) is 1. The number of para-hydroxylation sites is 2. The number of rotatable bonds is 9. The third-order valence-corrected chi connectivity index (χ3v) is 5.33. The zero-order valence-corrected chi connectivity index (χ0v) is 18.3. The van der Waals surface area contributed by atoms with Crippen molar-refractivity contribution in [1.29, 1.82) is 0 Å². The van der Waals surface area contributed by atoms with Gasteiger partial charge in [0.1, 0.15) is 12.6 Å². The lowest BCUT2D eigenvalue weighted by atomic mass is 10.1. The molecule has 0 spiro atoms. The summed E-state index contributed by atoms with van der Waals surface area (Å²) in [7, 11) is 0. The Morgan fingerprint density at radius 3 is 2.15 bits per heavy atom. The van der Waals surface area contributed by atoms with E-state index < -0.39 is 30.3 Å². The molecule has 8 heteroatoms. The number of ether oxygens (including phenoxy) is 1. The first-order valence-electron chi connectivity index (χ1n) is 10.7. The first kappa shape index (κ1) is 22.7. The highest BCUT2D eigenvalue weighted by Gasteiger charge is 2.34. The van der Waals surface area contributed by atoms with Gasteiger partial charge >= 0.3 is 12.1 Å². The van der Waals surface area contributed by atoms with E-state index in [0.29, 0.717) is 16.6 Å². The monoisotopic (exact) mass is 457 g/mol. The van der Waals surface area contributed by atoms with E-state index in [1.165, 1.54) is 0 Å². The van der Waals surface area contributed by atoms with Crippen LogP contribution in [0.1, 0.15) is 28.2 Å². The molecular weight excluding hydrogens is 434 g/mol. The van der Waals surface area contributed by atoms with Gasteiger partial charge in [-0.3, -0.25) is 9.69 Å². The van der Waals surface area contributed by atoms with Gasteiger partial charge in [0.15, 0.2) is 5.82 Å². The second-order valence-corrected chi connectivity index (χ2v) is 7.74. The van der Waals surface area contributed by atoms with Gasteiger partial charge in [-0.15, -0.1) is 0 Å². The summed E-state index contributed by atoms with van der Waals surface area (Å²) >= 11 is 0. The highest BCUT2D eigenvalue weighted by atomic mass is 16.6. The van der Waals surface area contributed by atoms with Crippen LogP contribution in [0.25, 0.3) is 11.0 Å². The molecule has 1 aromatic heterocycles. The minimum Gasteiger partial charge on any atom is -0.480 e. The van der Waals surface area contributed by atoms with E-state index in [4.69, 9.17) is 4.74 Å². The third-order valence-electron chi connectivity index (χ3n) is 5.33. The lowest BCUT2D eigenvalue weighted by Crippen LogP contribution is -2.46. The number of imidazole rings is 1. The highest BCUT2D eigenvalue weighted by Crippen LogP contribution is 2.18. The molecule has 4 rings (SSSR count). The number of benzene rings is 3. The molecule has 8 nitrogen and oxygen atoms in total. The van der Waals surface area contributed by atoms with Gasteiger partial charge in [-0.1, -0.05) is 72.8 Å². The van der Waals surface area contributed by atoms with Crippen LogP contribution < -0.4 is 0 Å². The van der Waals surface area contributed by atoms with Gasteiger partial charge in [-0.25, -0.2) is 14.6 Å². The quantitative estimate of drug-likeness (QED) is 0.360. The molecule has 1 atom stereocenters. The molecule has 0 aliphatic heterocycles. The minimum atomic E-state index is -1.44. The normalized spacial score (nSPS) is 11.6. The largest absolute Gasteiger partial charge is 0.480 e. The average molecular weight is 457 g/mol. The Labute approximate surface area is 195 Å². The Morgan fingerprint density at radius 2 is 1.50 bits per heavy atom. The summed E-state index contributed by atoms with van der Waals surface area (Å²) < 4.78 is 5.42. The molecule has 1 amide bonds. The van der Waals surface area contributed by atoms with E-state index in [1.54, 1.807) is 60.7 Å². The predicted octanol–water partition coefficient (Wildman–Crippen LogP) is 4.43. The summed E-state index contributed by atoms with van der Waals surface area (Å²) in [6.45, 7) is -0.0480.